The molecule has 0 radical (unpaired) electrons. The SMILES string of the molecule is CCCCC(CC)C(N)c1occc1Br. The Morgan fingerprint density at radius 2 is 2.20 bits per heavy atom. The maximum Gasteiger partial charge on any atom is 0.134 e. The Labute approximate surface area is 100 Å². The fraction of sp³-hybridized carbons (Fsp3) is 0.667. The van der Waals surface area contributed by atoms with E-state index in [1.165, 1.54) is 19.3 Å². The number of hydrogen-bond donors (Lipinski definition) is 1. The van der Waals surface area contributed by atoms with Gasteiger partial charge in [0.05, 0.1) is 16.8 Å². The molecule has 3 heteroatoms. The molecule has 0 bridgehead atoms. The lowest BCUT2D eigenvalue weighted by Crippen LogP contribution is -2.20. The molecule has 0 fully saturated rings. The van der Waals surface area contributed by atoms with Crippen LogP contribution in [0.3, 0.4) is 0 Å². The number of unbranched alkanes of at least 4 members (excludes halogenated alkanes) is 1. The number of furan rings is 1. The summed E-state index contributed by atoms with van der Waals surface area (Å²) in [6, 6.07) is 1.92. The van der Waals surface area contributed by atoms with Crippen LogP contribution < -0.4 is 5.73 Å². The molecule has 15 heavy (non-hydrogen) atoms. The van der Waals surface area contributed by atoms with Crippen LogP contribution in [0.4, 0.5) is 0 Å². The van der Waals surface area contributed by atoms with Gasteiger partial charge < -0.3 is 10.2 Å². The van der Waals surface area contributed by atoms with E-state index in [1.54, 1.807) is 6.26 Å². The molecular formula is C12H20BrNO. The maximum absolute atomic E-state index is 6.21. The second kappa shape index (κ2) is 6.33. The van der Waals surface area contributed by atoms with Gasteiger partial charge in [0.15, 0.2) is 0 Å². The van der Waals surface area contributed by atoms with Crippen LogP contribution in [0.25, 0.3) is 0 Å². The van der Waals surface area contributed by atoms with Crippen molar-refractivity contribution in [3.63, 3.8) is 0 Å². The van der Waals surface area contributed by atoms with Gasteiger partial charge in [-0.1, -0.05) is 33.1 Å². The standard InChI is InChI=1S/C12H20BrNO/c1-3-5-6-9(4-2)11(14)12-10(13)7-8-15-12/h7-9,11H,3-6,14H2,1-2H3. The van der Waals surface area contributed by atoms with Gasteiger partial charge in [0, 0.05) is 0 Å². The third-order valence-corrected chi connectivity index (χ3v) is 3.56. The lowest BCUT2D eigenvalue weighted by Gasteiger charge is -2.21. The highest BCUT2D eigenvalue weighted by Gasteiger charge is 2.21. The van der Waals surface area contributed by atoms with E-state index < -0.39 is 0 Å². The third kappa shape index (κ3) is 3.35. The van der Waals surface area contributed by atoms with Crippen molar-refractivity contribution in [1.29, 1.82) is 0 Å². The van der Waals surface area contributed by atoms with Crippen molar-refractivity contribution in [1.82, 2.24) is 0 Å². The lowest BCUT2D eigenvalue weighted by atomic mass is 9.90. The summed E-state index contributed by atoms with van der Waals surface area (Å²) in [5, 5.41) is 0. The number of hydrogen-bond acceptors (Lipinski definition) is 2. The van der Waals surface area contributed by atoms with Crippen molar-refractivity contribution in [2.75, 3.05) is 0 Å². The molecule has 86 valence electrons. The van der Waals surface area contributed by atoms with Gasteiger partial charge in [-0.15, -0.1) is 0 Å². The van der Waals surface area contributed by atoms with Crippen molar-refractivity contribution < 1.29 is 4.42 Å². The average Bonchev–Trinajstić information content (AvgIpc) is 2.65. The monoisotopic (exact) mass is 273 g/mol. The Bertz CT molecular complexity index is 285. The molecule has 0 aliphatic rings. The van der Waals surface area contributed by atoms with Crippen LogP contribution in [0.15, 0.2) is 21.2 Å². The van der Waals surface area contributed by atoms with E-state index in [0.29, 0.717) is 5.92 Å². The van der Waals surface area contributed by atoms with Crippen molar-refractivity contribution in [3.8, 4) is 0 Å². The van der Waals surface area contributed by atoms with Gasteiger partial charge in [-0.3, -0.25) is 0 Å². The topological polar surface area (TPSA) is 39.2 Å². The highest BCUT2D eigenvalue weighted by atomic mass is 79.9. The van der Waals surface area contributed by atoms with Gasteiger partial charge in [0.25, 0.3) is 0 Å². The van der Waals surface area contributed by atoms with E-state index in [2.05, 4.69) is 29.8 Å². The molecule has 0 aromatic carbocycles. The highest BCUT2D eigenvalue weighted by Crippen LogP contribution is 2.31. The predicted octanol–water partition coefficient (Wildman–Crippen LogP) is 4.26. The smallest absolute Gasteiger partial charge is 0.134 e. The minimum absolute atomic E-state index is 0.0194. The van der Waals surface area contributed by atoms with Gasteiger partial charge in [0.1, 0.15) is 5.76 Å². The van der Waals surface area contributed by atoms with Gasteiger partial charge >= 0.3 is 0 Å². The summed E-state index contributed by atoms with van der Waals surface area (Å²) < 4.78 is 6.41. The minimum atomic E-state index is 0.0194. The van der Waals surface area contributed by atoms with Gasteiger partial charge in [-0.05, 0) is 34.3 Å². The average molecular weight is 274 g/mol. The second-order valence-corrected chi connectivity index (χ2v) is 4.82. The zero-order chi connectivity index (χ0) is 11.3. The molecule has 0 saturated heterocycles. The second-order valence-electron chi connectivity index (χ2n) is 3.97. The van der Waals surface area contributed by atoms with E-state index in [1.807, 2.05) is 6.07 Å². The molecule has 1 aromatic rings. The van der Waals surface area contributed by atoms with E-state index in [9.17, 15) is 0 Å². The Kier molecular flexibility index (Phi) is 5.40. The minimum Gasteiger partial charge on any atom is -0.466 e. The third-order valence-electron chi connectivity index (χ3n) is 2.91. The van der Waals surface area contributed by atoms with Crippen LogP contribution in [-0.2, 0) is 0 Å². The molecule has 2 unspecified atom stereocenters. The molecule has 1 heterocycles. The highest BCUT2D eigenvalue weighted by molar-refractivity contribution is 9.10. The van der Waals surface area contributed by atoms with E-state index >= 15 is 0 Å². The first kappa shape index (κ1) is 12.8. The molecule has 0 aliphatic heterocycles. The van der Waals surface area contributed by atoms with Crippen LogP contribution in [-0.4, -0.2) is 0 Å². The summed E-state index contributed by atoms with van der Waals surface area (Å²) in [5.74, 6) is 1.41. The van der Waals surface area contributed by atoms with E-state index in [4.69, 9.17) is 10.2 Å². The first-order chi connectivity index (χ1) is 7.20. The number of halogens is 1. The summed E-state index contributed by atoms with van der Waals surface area (Å²) in [6.45, 7) is 4.40. The summed E-state index contributed by atoms with van der Waals surface area (Å²) >= 11 is 3.46. The molecule has 2 N–H and O–H groups in total. The molecule has 1 aromatic heterocycles. The molecule has 2 nitrogen and oxygen atoms in total. The zero-order valence-electron chi connectivity index (χ0n) is 9.50. The Morgan fingerprint density at radius 1 is 1.47 bits per heavy atom. The molecule has 0 aliphatic carbocycles. The Balaban J connectivity index is 2.64. The van der Waals surface area contributed by atoms with Crippen LogP contribution in [0.1, 0.15) is 51.3 Å². The number of rotatable bonds is 6. The molecule has 0 spiro atoms. The van der Waals surface area contributed by atoms with Crippen molar-refractivity contribution in [3.05, 3.63) is 22.6 Å². The largest absolute Gasteiger partial charge is 0.466 e. The zero-order valence-corrected chi connectivity index (χ0v) is 11.1. The predicted molar refractivity (Wildman–Crippen MR) is 66.6 cm³/mol. The Hall–Kier alpha value is -0.280. The molecule has 2 atom stereocenters. The first-order valence-corrected chi connectivity index (χ1v) is 6.48. The summed E-state index contributed by atoms with van der Waals surface area (Å²) in [5.41, 5.74) is 6.21. The van der Waals surface area contributed by atoms with Crippen LogP contribution in [0.2, 0.25) is 0 Å². The molecule has 0 saturated carbocycles. The van der Waals surface area contributed by atoms with Crippen molar-refractivity contribution in [2.45, 2.75) is 45.6 Å². The normalized spacial score (nSPS) is 15.2. The lowest BCUT2D eigenvalue weighted by molar-refractivity contribution is 0.329. The van der Waals surface area contributed by atoms with E-state index in [-0.39, 0.29) is 6.04 Å². The fourth-order valence-corrected chi connectivity index (χ4v) is 2.33. The number of nitrogens with two attached hydrogens (primary N) is 1. The Morgan fingerprint density at radius 3 is 2.67 bits per heavy atom. The van der Waals surface area contributed by atoms with Crippen LogP contribution in [0, 0.1) is 5.92 Å². The molecule has 1 rings (SSSR count). The van der Waals surface area contributed by atoms with Gasteiger partial charge in [-0.2, -0.15) is 0 Å². The summed E-state index contributed by atoms with van der Waals surface area (Å²) in [6.07, 6.45) is 6.44. The summed E-state index contributed by atoms with van der Waals surface area (Å²) in [7, 11) is 0. The first-order valence-electron chi connectivity index (χ1n) is 5.69. The fourth-order valence-electron chi connectivity index (χ4n) is 1.86. The van der Waals surface area contributed by atoms with Crippen LogP contribution >= 0.6 is 15.9 Å². The maximum atomic E-state index is 6.21. The van der Waals surface area contributed by atoms with Crippen molar-refractivity contribution in [2.24, 2.45) is 11.7 Å². The van der Waals surface area contributed by atoms with Gasteiger partial charge in [-0.25, -0.2) is 0 Å². The van der Waals surface area contributed by atoms with Crippen molar-refractivity contribution >= 4 is 15.9 Å². The van der Waals surface area contributed by atoms with Crippen LogP contribution in [0.5, 0.6) is 0 Å². The quantitative estimate of drug-likeness (QED) is 0.841. The molecular weight excluding hydrogens is 254 g/mol. The van der Waals surface area contributed by atoms with Gasteiger partial charge in [0.2, 0.25) is 0 Å². The van der Waals surface area contributed by atoms with E-state index in [0.717, 1.165) is 16.7 Å². The molecule has 0 amide bonds. The summed E-state index contributed by atoms with van der Waals surface area (Å²) in [4.78, 5) is 0.